The molecule has 0 spiro atoms. The molecule has 1 aromatic carbocycles. The van der Waals surface area contributed by atoms with E-state index >= 15 is 0 Å². The zero-order valence-electron chi connectivity index (χ0n) is 16.9. The van der Waals surface area contributed by atoms with Crippen molar-refractivity contribution in [3.05, 3.63) is 86.4 Å². The number of amides is 1. The van der Waals surface area contributed by atoms with Gasteiger partial charge in [0.15, 0.2) is 0 Å². The lowest BCUT2D eigenvalue weighted by atomic mass is 9.98. The van der Waals surface area contributed by atoms with E-state index in [1.165, 1.54) is 15.3 Å². The maximum absolute atomic E-state index is 13.3. The molecule has 0 aliphatic carbocycles. The number of nitriles is 1. The number of carbonyl (C=O) groups excluding carboxylic acids is 1. The summed E-state index contributed by atoms with van der Waals surface area (Å²) in [6.07, 6.45) is 7.02. The van der Waals surface area contributed by atoms with Crippen LogP contribution in [0.25, 0.3) is 17.0 Å². The van der Waals surface area contributed by atoms with Crippen molar-refractivity contribution in [1.29, 1.82) is 5.26 Å². The molecule has 0 saturated carbocycles. The number of hydrogen-bond donors (Lipinski definition) is 0. The molecule has 1 unspecified atom stereocenters. The summed E-state index contributed by atoms with van der Waals surface area (Å²) in [6, 6.07) is 16.7. The topological polar surface area (TPSA) is 49.0 Å². The number of fused-ring (bicyclic) bond motifs is 2. The smallest absolute Gasteiger partial charge is 0.247 e. The Morgan fingerprint density at radius 2 is 2.06 bits per heavy atom. The van der Waals surface area contributed by atoms with Crippen LogP contribution in [0.5, 0.6) is 0 Å². The first-order chi connectivity index (χ1) is 15.3. The Morgan fingerprint density at radius 3 is 2.90 bits per heavy atom. The third-order valence-corrected chi connectivity index (χ3v) is 7.67. The highest BCUT2D eigenvalue weighted by Gasteiger charge is 2.32. The maximum Gasteiger partial charge on any atom is 0.247 e. The number of aryl methyl sites for hydroxylation is 1. The zero-order valence-corrected chi connectivity index (χ0v) is 18.5. The maximum atomic E-state index is 13.3. The number of carbonyl (C=O) groups is 1. The summed E-state index contributed by atoms with van der Waals surface area (Å²) in [5, 5.41) is 14.3. The molecule has 1 aliphatic rings. The monoisotopic (exact) mass is 443 g/mol. The van der Waals surface area contributed by atoms with Gasteiger partial charge >= 0.3 is 0 Å². The van der Waals surface area contributed by atoms with E-state index in [2.05, 4.69) is 51.7 Å². The van der Waals surface area contributed by atoms with E-state index in [-0.39, 0.29) is 11.9 Å². The second kappa shape index (κ2) is 8.54. The number of thiophene rings is 2. The molecule has 5 rings (SSSR count). The number of hydrogen-bond acceptors (Lipinski definition) is 4. The van der Waals surface area contributed by atoms with Crippen molar-refractivity contribution in [2.75, 3.05) is 6.54 Å². The van der Waals surface area contributed by atoms with Crippen LogP contribution >= 0.6 is 22.7 Å². The van der Waals surface area contributed by atoms with Crippen molar-refractivity contribution in [3.63, 3.8) is 0 Å². The van der Waals surface area contributed by atoms with Gasteiger partial charge in [-0.05, 0) is 47.0 Å². The first-order valence-electron chi connectivity index (χ1n) is 10.3. The average Bonchev–Trinajstić information content (AvgIpc) is 3.55. The Morgan fingerprint density at radius 1 is 1.16 bits per heavy atom. The van der Waals surface area contributed by atoms with Crippen LogP contribution in [0.3, 0.4) is 0 Å². The van der Waals surface area contributed by atoms with Crippen molar-refractivity contribution in [2.24, 2.45) is 0 Å². The van der Waals surface area contributed by atoms with E-state index in [9.17, 15) is 4.79 Å². The van der Waals surface area contributed by atoms with Crippen LogP contribution in [0.2, 0.25) is 0 Å². The first kappa shape index (κ1) is 19.8. The van der Waals surface area contributed by atoms with Gasteiger partial charge in [-0.3, -0.25) is 4.79 Å². The Hall–Kier alpha value is -3.14. The van der Waals surface area contributed by atoms with Gasteiger partial charge in [0.1, 0.15) is 0 Å². The van der Waals surface area contributed by atoms with Crippen LogP contribution in [0.4, 0.5) is 0 Å². The number of rotatable bonds is 5. The molecule has 0 saturated heterocycles. The summed E-state index contributed by atoms with van der Waals surface area (Å²) < 4.78 is 2.09. The fraction of sp³-hybridized carbons (Fsp3) is 0.200. The summed E-state index contributed by atoms with van der Waals surface area (Å²) in [6.45, 7) is 1.37. The van der Waals surface area contributed by atoms with Crippen molar-refractivity contribution >= 4 is 45.6 Å². The van der Waals surface area contributed by atoms with Crippen molar-refractivity contribution < 1.29 is 4.79 Å². The molecule has 0 N–H and O–H groups in total. The van der Waals surface area contributed by atoms with E-state index in [4.69, 9.17) is 5.26 Å². The molecule has 0 bridgehead atoms. The minimum Gasteiger partial charge on any atom is -0.346 e. The molecule has 1 amide bonds. The lowest BCUT2D eigenvalue weighted by Crippen LogP contribution is -2.38. The minimum absolute atomic E-state index is 0.0101. The minimum atomic E-state index is -0.0101. The third kappa shape index (κ3) is 3.71. The van der Waals surface area contributed by atoms with Gasteiger partial charge in [-0.15, -0.1) is 22.7 Å². The van der Waals surface area contributed by atoms with E-state index in [0.717, 1.165) is 29.4 Å². The van der Waals surface area contributed by atoms with Gasteiger partial charge in [0.25, 0.3) is 0 Å². The molecule has 3 aromatic heterocycles. The largest absolute Gasteiger partial charge is 0.346 e. The van der Waals surface area contributed by atoms with Gasteiger partial charge in [-0.2, -0.15) is 5.26 Å². The summed E-state index contributed by atoms with van der Waals surface area (Å²) in [5.74, 6) is 0.0316. The zero-order chi connectivity index (χ0) is 21.2. The molecule has 0 radical (unpaired) electrons. The summed E-state index contributed by atoms with van der Waals surface area (Å²) in [7, 11) is 0. The van der Waals surface area contributed by atoms with Crippen molar-refractivity contribution in [1.82, 2.24) is 9.47 Å². The Labute approximate surface area is 189 Å². The Bertz CT molecular complexity index is 1290. The van der Waals surface area contributed by atoms with Gasteiger partial charge in [-0.25, -0.2) is 0 Å². The predicted molar refractivity (Wildman–Crippen MR) is 127 cm³/mol. The highest BCUT2D eigenvalue weighted by molar-refractivity contribution is 7.10. The SMILES string of the molecule is N#CCCn1cc(C=CC(=O)N2CCc3sccc3C2c2cccs2)c2ccccc21. The van der Waals surface area contributed by atoms with Crippen molar-refractivity contribution in [3.8, 4) is 6.07 Å². The molecular formula is C25H21N3OS2. The van der Waals surface area contributed by atoms with Crippen LogP contribution in [0.15, 0.2) is 65.5 Å². The standard InChI is InChI=1S/C25H21N3OS2/c26-12-4-13-27-17-18(19-5-1-2-6-21(19)27)8-9-24(29)28-14-10-22-20(11-16-31-22)25(28)23-7-3-15-30-23/h1-3,5-9,11,15-17,25H,4,10,13-14H2. The Balaban J connectivity index is 1.46. The quantitative estimate of drug-likeness (QED) is 0.363. The normalized spacial score (nSPS) is 16.0. The van der Waals surface area contributed by atoms with E-state index < -0.39 is 0 Å². The molecule has 4 aromatic rings. The molecular weight excluding hydrogens is 422 g/mol. The van der Waals surface area contributed by atoms with E-state index in [0.29, 0.717) is 13.0 Å². The second-order valence-electron chi connectivity index (χ2n) is 7.54. The molecule has 4 heterocycles. The molecule has 6 heteroatoms. The predicted octanol–water partition coefficient (Wildman–Crippen LogP) is 5.87. The lowest BCUT2D eigenvalue weighted by molar-refractivity contribution is -0.127. The van der Waals surface area contributed by atoms with Crippen LogP contribution in [-0.4, -0.2) is 21.9 Å². The van der Waals surface area contributed by atoms with Crippen LogP contribution in [0, 0.1) is 11.3 Å². The molecule has 4 nitrogen and oxygen atoms in total. The Kier molecular flexibility index (Phi) is 5.46. The van der Waals surface area contributed by atoms with Crippen LogP contribution < -0.4 is 0 Å². The first-order valence-corrected chi connectivity index (χ1v) is 12.1. The number of nitrogens with zero attached hydrogens (tertiary/aromatic N) is 3. The molecule has 31 heavy (non-hydrogen) atoms. The fourth-order valence-corrected chi connectivity index (χ4v) is 6.09. The summed E-state index contributed by atoms with van der Waals surface area (Å²) >= 11 is 3.49. The molecule has 1 aliphatic heterocycles. The number of benzene rings is 1. The highest BCUT2D eigenvalue weighted by atomic mass is 32.1. The molecule has 1 atom stereocenters. The second-order valence-corrected chi connectivity index (χ2v) is 9.52. The number of para-hydroxylation sites is 1. The van der Waals surface area contributed by atoms with E-state index in [1.807, 2.05) is 29.3 Å². The average molecular weight is 444 g/mol. The van der Waals surface area contributed by atoms with Crippen LogP contribution in [-0.2, 0) is 17.8 Å². The summed E-state index contributed by atoms with van der Waals surface area (Å²) in [5.41, 5.74) is 3.35. The lowest BCUT2D eigenvalue weighted by Gasteiger charge is -2.34. The fourth-order valence-electron chi connectivity index (χ4n) is 4.33. The molecule has 154 valence electrons. The van der Waals surface area contributed by atoms with Crippen LogP contribution in [0.1, 0.15) is 33.3 Å². The summed E-state index contributed by atoms with van der Waals surface area (Å²) in [4.78, 5) is 17.9. The highest BCUT2D eigenvalue weighted by Crippen LogP contribution is 2.39. The third-order valence-electron chi connectivity index (χ3n) is 5.75. The van der Waals surface area contributed by atoms with Crippen molar-refractivity contribution in [2.45, 2.75) is 25.4 Å². The van der Waals surface area contributed by atoms with E-state index in [1.54, 1.807) is 28.7 Å². The van der Waals surface area contributed by atoms with Gasteiger partial charge in [0.2, 0.25) is 5.91 Å². The van der Waals surface area contributed by atoms with Gasteiger partial charge in [0.05, 0.1) is 18.5 Å². The number of aromatic nitrogens is 1. The van der Waals surface area contributed by atoms with Gasteiger partial charge in [-0.1, -0.05) is 24.3 Å². The van der Waals surface area contributed by atoms with Gasteiger partial charge < -0.3 is 9.47 Å². The van der Waals surface area contributed by atoms with Gasteiger partial charge in [0, 0.05) is 51.6 Å². The molecule has 0 fully saturated rings.